The second-order valence-corrected chi connectivity index (χ2v) is 4.36. The molecule has 11 heavy (non-hydrogen) atoms. The summed E-state index contributed by atoms with van der Waals surface area (Å²) in [6.45, 7) is 4.10. The predicted molar refractivity (Wildman–Crippen MR) is 51.1 cm³/mol. The standard InChI is InChI=1S/C9H17NS/c11-6-3-9-7-10-4-1-8(9)2-5-10/h8-9,11H,1-7H2. The van der Waals surface area contributed by atoms with Crippen molar-refractivity contribution in [1.82, 2.24) is 4.90 Å². The first-order chi connectivity index (χ1) is 5.40. The van der Waals surface area contributed by atoms with Gasteiger partial charge in [-0.2, -0.15) is 12.6 Å². The number of hydrogen-bond acceptors (Lipinski definition) is 2. The van der Waals surface area contributed by atoms with Gasteiger partial charge in [0.1, 0.15) is 0 Å². The second-order valence-electron chi connectivity index (χ2n) is 3.91. The number of rotatable bonds is 2. The van der Waals surface area contributed by atoms with E-state index in [0.717, 1.165) is 17.6 Å². The van der Waals surface area contributed by atoms with Gasteiger partial charge in [0.15, 0.2) is 0 Å². The molecule has 1 unspecified atom stereocenters. The minimum Gasteiger partial charge on any atom is -0.303 e. The van der Waals surface area contributed by atoms with E-state index in [-0.39, 0.29) is 0 Å². The third-order valence-corrected chi connectivity index (χ3v) is 3.55. The van der Waals surface area contributed by atoms with Crippen molar-refractivity contribution in [2.45, 2.75) is 19.3 Å². The first-order valence-corrected chi connectivity index (χ1v) is 5.36. The molecule has 3 aliphatic rings. The van der Waals surface area contributed by atoms with Crippen LogP contribution in [-0.2, 0) is 0 Å². The van der Waals surface area contributed by atoms with Crippen molar-refractivity contribution < 1.29 is 0 Å². The Kier molecular flexibility index (Phi) is 2.42. The number of thiol groups is 1. The molecule has 0 spiro atoms. The zero-order chi connectivity index (χ0) is 7.68. The quantitative estimate of drug-likeness (QED) is 0.618. The maximum Gasteiger partial charge on any atom is 0.00126 e. The van der Waals surface area contributed by atoms with Crippen molar-refractivity contribution >= 4 is 12.6 Å². The number of hydrogen-bond donors (Lipinski definition) is 1. The molecule has 2 bridgehead atoms. The molecule has 0 aromatic heterocycles. The van der Waals surface area contributed by atoms with Gasteiger partial charge in [0.2, 0.25) is 0 Å². The van der Waals surface area contributed by atoms with E-state index in [1.807, 2.05) is 0 Å². The molecule has 0 amide bonds. The average Bonchev–Trinajstić information content (AvgIpc) is 2.07. The minimum absolute atomic E-state index is 0.981. The fourth-order valence-electron chi connectivity index (χ4n) is 2.58. The Bertz CT molecular complexity index is 130. The van der Waals surface area contributed by atoms with Crippen LogP contribution in [0.4, 0.5) is 0 Å². The van der Waals surface area contributed by atoms with E-state index < -0.39 is 0 Å². The molecule has 3 aliphatic heterocycles. The van der Waals surface area contributed by atoms with E-state index in [9.17, 15) is 0 Å². The van der Waals surface area contributed by atoms with Crippen molar-refractivity contribution in [3.63, 3.8) is 0 Å². The highest BCUT2D eigenvalue weighted by Crippen LogP contribution is 2.34. The summed E-state index contributed by atoms with van der Waals surface area (Å²) in [7, 11) is 0. The summed E-state index contributed by atoms with van der Waals surface area (Å²) in [5.74, 6) is 3.11. The van der Waals surface area contributed by atoms with Gasteiger partial charge in [0, 0.05) is 6.54 Å². The number of nitrogens with zero attached hydrogens (tertiary/aromatic N) is 1. The van der Waals surface area contributed by atoms with Crippen LogP contribution in [0.15, 0.2) is 0 Å². The summed E-state index contributed by atoms with van der Waals surface area (Å²) in [6, 6.07) is 0. The number of fused-ring (bicyclic) bond motifs is 3. The molecule has 0 radical (unpaired) electrons. The highest BCUT2D eigenvalue weighted by Gasteiger charge is 2.32. The minimum atomic E-state index is 0.981. The van der Waals surface area contributed by atoms with Gasteiger partial charge in [-0.25, -0.2) is 0 Å². The average molecular weight is 171 g/mol. The highest BCUT2D eigenvalue weighted by atomic mass is 32.1. The second kappa shape index (κ2) is 3.36. The zero-order valence-corrected chi connectivity index (χ0v) is 7.89. The molecule has 1 atom stereocenters. The van der Waals surface area contributed by atoms with Gasteiger partial charge < -0.3 is 4.90 Å². The predicted octanol–water partition coefficient (Wildman–Crippen LogP) is 1.65. The topological polar surface area (TPSA) is 3.24 Å². The molecule has 3 fully saturated rings. The summed E-state index contributed by atoms with van der Waals surface area (Å²) >= 11 is 4.31. The normalized spacial score (nSPS) is 42.8. The maximum atomic E-state index is 4.31. The van der Waals surface area contributed by atoms with E-state index in [0.29, 0.717) is 0 Å². The van der Waals surface area contributed by atoms with Gasteiger partial charge in [-0.15, -0.1) is 0 Å². The van der Waals surface area contributed by atoms with E-state index in [4.69, 9.17) is 0 Å². The van der Waals surface area contributed by atoms with Gasteiger partial charge in [0.25, 0.3) is 0 Å². The van der Waals surface area contributed by atoms with Gasteiger partial charge in [-0.05, 0) is 49.9 Å². The zero-order valence-electron chi connectivity index (χ0n) is 7.00. The molecule has 3 rings (SSSR count). The Morgan fingerprint density at radius 2 is 2.00 bits per heavy atom. The first-order valence-electron chi connectivity index (χ1n) is 4.73. The van der Waals surface area contributed by atoms with Crippen LogP contribution in [0.5, 0.6) is 0 Å². The highest BCUT2D eigenvalue weighted by molar-refractivity contribution is 7.80. The van der Waals surface area contributed by atoms with Crippen LogP contribution in [0.1, 0.15) is 19.3 Å². The maximum absolute atomic E-state index is 4.31. The summed E-state index contributed by atoms with van der Waals surface area (Å²) in [4.78, 5) is 2.62. The molecule has 3 saturated heterocycles. The summed E-state index contributed by atoms with van der Waals surface area (Å²) < 4.78 is 0. The molecule has 1 nitrogen and oxygen atoms in total. The number of piperidine rings is 3. The summed E-state index contributed by atoms with van der Waals surface area (Å²) in [5, 5.41) is 0. The van der Waals surface area contributed by atoms with Gasteiger partial charge in [-0.1, -0.05) is 0 Å². The lowest BCUT2D eigenvalue weighted by Crippen LogP contribution is -2.47. The lowest BCUT2D eigenvalue weighted by molar-refractivity contribution is 0.0499. The molecule has 0 aliphatic carbocycles. The van der Waals surface area contributed by atoms with Crippen LogP contribution in [0.25, 0.3) is 0 Å². The Morgan fingerprint density at radius 1 is 1.27 bits per heavy atom. The van der Waals surface area contributed by atoms with E-state index in [1.54, 1.807) is 0 Å². The van der Waals surface area contributed by atoms with Crippen molar-refractivity contribution in [2.75, 3.05) is 25.4 Å². The summed E-state index contributed by atoms with van der Waals surface area (Å²) in [6.07, 6.45) is 4.25. The largest absolute Gasteiger partial charge is 0.303 e. The monoisotopic (exact) mass is 171 g/mol. The fraction of sp³-hybridized carbons (Fsp3) is 1.00. The third-order valence-electron chi connectivity index (χ3n) is 3.29. The molecule has 0 aromatic rings. The Hall–Kier alpha value is 0.310. The van der Waals surface area contributed by atoms with E-state index in [1.165, 1.54) is 38.9 Å². The molecular formula is C9H17NS. The molecule has 2 heteroatoms. The molecule has 0 saturated carbocycles. The van der Waals surface area contributed by atoms with Crippen LogP contribution in [0.2, 0.25) is 0 Å². The summed E-state index contributed by atoms with van der Waals surface area (Å²) in [5.41, 5.74) is 0. The van der Waals surface area contributed by atoms with Crippen molar-refractivity contribution in [3.8, 4) is 0 Å². The van der Waals surface area contributed by atoms with Crippen LogP contribution in [0.3, 0.4) is 0 Å². The van der Waals surface area contributed by atoms with Gasteiger partial charge in [-0.3, -0.25) is 0 Å². The van der Waals surface area contributed by atoms with Gasteiger partial charge >= 0.3 is 0 Å². The van der Waals surface area contributed by atoms with Crippen molar-refractivity contribution in [1.29, 1.82) is 0 Å². The van der Waals surface area contributed by atoms with E-state index in [2.05, 4.69) is 17.5 Å². The molecule has 0 aromatic carbocycles. The van der Waals surface area contributed by atoms with Crippen molar-refractivity contribution in [3.05, 3.63) is 0 Å². The Morgan fingerprint density at radius 3 is 2.45 bits per heavy atom. The lowest BCUT2D eigenvalue weighted by atomic mass is 9.78. The first kappa shape index (κ1) is 7.93. The smallest absolute Gasteiger partial charge is 0.00126 e. The van der Waals surface area contributed by atoms with Crippen molar-refractivity contribution in [2.24, 2.45) is 11.8 Å². The third kappa shape index (κ3) is 1.57. The fourth-order valence-corrected chi connectivity index (χ4v) is 2.91. The molecule has 64 valence electrons. The van der Waals surface area contributed by atoms with Crippen LogP contribution in [0, 0.1) is 11.8 Å². The van der Waals surface area contributed by atoms with Crippen LogP contribution < -0.4 is 0 Å². The van der Waals surface area contributed by atoms with Crippen LogP contribution in [-0.4, -0.2) is 30.3 Å². The SMILES string of the molecule is SCCC1CN2CCC1CC2. The molecular weight excluding hydrogens is 154 g/mol. The Labute approximate surface area is 74.6 Å². The molecule has 3 heterocycles. The van der Waals surface area contributed by atoms with Crippen LogP contribution >= 0.6 is 12.6 Å². The Balaban J connectivity index is 1.92. The molecule has 0 N–H and O–H groups in total. The van der Waals surface area contributed by atoms with E-state index >= 15 is 0 Å². The lowest BCUT2D eigenvalue weighted by Gasteiger charge is -2.44. The van der Waals surface area contributed by atoms with Gasteiger partial charge in [0.05, 0.1) is 0 Å².